The number of benzene rings is 1. The molecule has 0 fully saturated rings. The number of aryl methyl sites for hydroxylation is 1. The predicted octanol–water partition coefficient (Wildman–Crippen LogP) is 4.23. The summed E-state index contributed by atoms with van der Waals surface area (Å²) >= 11 is 0.941. The molecule has 3 rings (SSSR count). The Morgan fingerprint density at radius 2 is 1.87 bits per heavy atom. The van der Waals surface area contributed by atoms with E-state index in [4.69, 9.17) is 0 Å². The van der Waals surface area contributed by atoms with Crippen LogP contribution >= 0.6 is 11.3 Å². The van der Waals surface area contributed by atoms with Crippen molar-refractivity contribution in [2.75, 3.05) is 0 Å². The molecule has 0 atom stereocenters. The Labute approximate surface area is 130 Å². The third-order valence-electron chi connectivity index (χ3n) is 3.24. The van der Waals surface area contributed by atoms with Gasteiger partial charge in [-0.15, -0.1) is 11.3 Å². The van der Waals surface area contributed by atoms with E-state index in [1.165, 1.54) is 12.1 Å². The Kier molecular flexibility index (Phi) is 3.40. The third-order valence-corrected chi connectivity index (χ3v) is 4.19. The van der Waals surface area contributed by atoms with Gasteiger partial charge in [0.2, 0.25) is 0 Å². The summed E-state index contributed by atoms with van der Waals surface area (Å²) in [7, 11) is 0. The molecule has 0 saturated carbocycles. The van der Waals surface area contributed by atoms with Gasteiger partial charge in [0.05, 0.1) is 5.69 Å². The van der Waals surface area contributed by atoms with E-state index in [2.05, 4.69) is 4.98 Å². The highest BCUT2D eigenvalue weighted by molar-refractivity contribution is 7.17. The van der Waals surface area contributed by atoms with E-state index in [0.717, 1.165) is 27.9 Å². The van der Waals surface area contributed by atoms with Gasteiger partial charge in [-0.05, 0) is 36.8 Å². The smallest absolute Gasteiger partial charge is 0.435 e. The highest BCUT2D eigenvalue weighted by atomic mass is 32.1. The third kappa shape index (κ3) is 2.46. The fraction of sp³-hybridized carbons (Fsp3) is 0.143. The van der Waals surface area contributed by atoms with Crippen molar-refractivity contribution in [3.8, 4) is 11.3 Å². The molecule has 0 spiro atoms. The molecular formula is C14H8F4N2O2S. The van der Waals surface area contributed by atoms with E-state index in [1.807, 2.05) is 0 Å². The Morgan fingerprint density at radius 3 is 2.39 bits per heavy atom. The molecule has 0 radical (unpaired) electrons. The number of imidazole rings is 1. The van der Waals surface area contributed by atoms with Crippen LogP contribution in [0.25, 0.3) is 16.2 Å². The van der Waals surface area contributed by atoms with Crippen LogP contribution in [0.1, 0.15) is 21.1 Å². The van der Waals surface area contributed by atoms with Crippen molar-refractivity contribution in [2.45, 2.75) is 13.1 Å². The highest BCUT2D eigenvalue weighted by Gasteiger charge is 2.41. The zero-order chi connectivity index (χ0) is 16.9. The maximum Gasteiger partial charge on any atom is 0.435 e. The topological polar surface area (TPSA) is 54.6 Å². The van der Waals surface area contributed by atoms with Crippen LogP contribution in [0.4, 0.5) is 17.6 Å². The lowest BCUT2D eigenvalue weighted by molar-refractivity contribution is -0.141. The number of carboxylic acid groups (broad SMARTS) is 1. The van der Waals surface area contributed by atoms with Gasteiger partial charge in [0.25, 0.3) is 0 Å². The van der Waals surface area contributed by atoms with Gasteiger partial charge in [-0.3, -0.25) is 4.40 Å². The molecule has 2 heterocycles. The molecule has 0 amide bonds. The molecule has 9 heteroatoms. The van der Waals surface area contributed by atoms with Gasteiger partial charge in [-0.1, -0.05) is 0 Å². The Balaban J connectivity index is 2.39. The van der Waals surface area contributed by atoms with E-state index < -0.39 is 29.4 Å². The van der Waals surface area contributed by atoms with Crippen molar-refractivity contribution in [2.24, 2.45) is 0 Å². The van der Waals surface area contributed by atoms with Crippen molar-refractivity contribution in [1.29, 1.82) is 0 Å². The van der Waals surface area contributed by atoms with Gasteiger partial charge in [-0.2, -0.15) is 13.2 Å². The summed E-state index contributed by atoms with van der Waals surface area (Å²) in [5.41, 5.74) is -1.73. The van der Waals surface area contributed by atoms with Gasteiger partial charge in [0.15, 0.2) is 16.3 Å². The largest absolute Gasteiger partial charge is 0.476 e. The van der Waals surface area contributed by atoms with Crippen LogP contribution in [0.3, 0.4) is 0 Å². The predicted molar refractivity (Wildman–Crippen MR) is 75.2 cm³/mol. The molecule has 1 N–H and O–H groups in total. The summed E-state index contributed by atoms with van der Waals surface area (Å²) < 4.78 is 53.1. The second kappa shape index (κ2) is 5.05. The van der Waals surface area contributed by atoms with Crippen molar-refractivity contribution in [1.82, 2.24) is 9.38 Å². The molecule has 120 valence electrons. The molecule has 1 aromatic carbocycles. The number of hydrogen-bond donors (Lipinski definition) is 1. The molecular weight excluding hydrogens is 336 g/mol. The fourth-order valence-electron chi connectivity index (χ4n) is 2.35. The maximum absolute atomic E-state index is 13.1. The van der Waals surface area contributed by atoms with E-state index in [9.17, 15) is 27.5 Å². The number of hydrogen-bond acceptors (Lipinski definition) is 3. The number of fused-ring (bicyclic) bond motifs is 1. The SMILES string of the molecule is Cc1sc2nc(C(F)(F)F)c(C(=O)O)n2c1-c1ccc(F)cc1. The van der Waals surface area contributed by atoms with Crippen LogP contribution in [-0.4, -0.2) is 20.5 Å². The summed E-state index contributed by atoms with van der Waals surface area (Å²) in [5.74, 6) is -2.23. The second-order valence-corrected chi connectivity index (χ2v) is 5.93. The number of carbonyl (C=O) groups is 1. The number of thiazole rings is 1. The Bertz CT molecular complexity index is 910. The van der Waals surface area contributed by atoms with E-state index in [1.54, 1.807) is 6.92 Å². The zero-order valence-corrected chi connectivity index (χ0v) is 12.3. The molecule has 4 nitrogen and oxygen atoms in total. The van der Waals surface area contributed by atoms with Gasteiger partial charge >= 0.3 is 12.1 Å². The summed E-state index contributed by atoms with van der Waals surface area (Å²) in [6.07, 6.45) is -4.88. The van der Waals surface area contributed by atoms with Gasteiger partial charge < -0.3 is 5.11 Å². The molecule has 23 heavy (non-hydrogen) atoms. The summed E-state index contributed by atoms with van der Waals surface area (Å²) in [6, 6.07) is 5.06. The molecule has 3 aromatic rings. The van der Waals surface area contributed by atoms with Crippen LogP contribution in [0.15, 0.2) is 24.3 Å². The van der Waals surface area contributed by atoms with Crippen LogP contribution in [0.5, 0.6) is 0 Å². The molecule has 0 saturated heterocycles. The highest BCUT2D eigenvalue weighted by Crippen LogP contribution is 2.38. The minimum Gasteiger partial charge on any atom is -0.476 e. The Morgan fingerprint density at radius 1 is 1.26 bits per heavy atom. The van der Waals surface area contributed by atoms with E-state index >= 15 is 0 Å². The minimum atomic E-state index is -4.88. The maximum atomic E-state index is 13.1. The van der Waals surface area contributed by atoms with E-state index in [-0.39, 0.29) is 10.7 Å². The van der Waals surface area contributed by atoms with Crippen molar-refractivity contribution in [3.05, 3.63) is 46.3 Å². The first kappa shape index (κ1) is 15.5. The van der Waals surface area contributed by atoms with Crippen molar-refractivity contribution < 1.29 is 27.5 Å². The summed E-state index contributed by atoms with van der Waals surface area (Å²) in [5, 5.41) is 9.22. The number of halogens is 4. The first-order valence-corrected chi connectivity index (χ1v) is 7.10. The number of rotatable bonds is 2. The molecule has 0 unspecified atom stereocenters. The van der Waals surface area contributed by atoms with Gasteiger partial charge in [0.1, 0.15) is 5.82 Å². The van der Waals surface area contributed by atoms with Gasteiger partial charge in [-0.25, -0.2) is 14.2 Å². The number of alkyl halides is 3. The molecule has 0 aliphatic heterocycles. The molecule has 0 bridgehead atoms. The molecule has 0 aliphatic rings. The zero-order valence-electron chi connectivity index (χ0n) is 11.5. The number of nitrogens with zero attached hydrogens (tertiary/aromatic N) is 2. The van der Waals surface area contributed by atoms with Crippen molar-refractivity contribution in [3.63, 3.8) is 0 Å². The number of aromatic carboxylic acids is 1. The Hall–Kier alpha value is -2.42. The lowest BCUT2D eigenvalue weighted by Gasteiger charge is -2.07. The average Bonchev–Trinajstić information content (AvgIpc) is 2.94. The van der Waals surface area contributed by atoms with Crippen LogP contribution in [-0.2, 0) is 6.18 Å². The standard InChI is InChI=1S/C14H8F4N2O2S/c1-6-9(7-2-4-8(15)5-3-7)20-10(12(21)22)11(14(16,17)18)19-13(20)23-6/h2-5H,1H3,(H,21,22). The monoisotopic (exact) mass is 344 g/mol. The normalized spacial score (nSPS) is 12.0. The van der Waals surface area contributed by atoms with E-state index in [0.29, 0.717) is 10.4 Å². The quantitative estimate of drug-likeness (QED) is 0.708. The summed E-state index contributed by atoms with van der Waals surface area (Å²) in [4.78, 5) is 15.3. The van der Waals surface area contributed by atoms with Crippen molar-refractivity contribution >= 4 is 22.3 Å². The van der Waals surface area contributed by atoms with Crippen LogP contribution in [0, 0.1) is 12.7 Å². The molecule has 2 aromatic heterocycles. The van der Waals surface area contributed by atoms with Gasteiger partial charge in [0, 0.05) is 4.88 Å². The van der Waals surface area contributed by atoms with Crippen LogP contribution in [0.2, 0.25) is 0 Å². The average molecular weight is 344 g/mol. The molecule has 0 aliphatic carbocycles. The second-order valence-electron chi connectivity index (χ2n) is 4.74. The number of carboxylic acids is 1. The fourth-order valence-corrected chi connectivity index (χ4v) is 3.34. The lowest BCUT2D eigenvalue weighted by Crippen LogP contribution is -2.14. The first-order valence-electron chi connectivity index (χ1n) is 6.28. The van der Waals surface area contributed by atoms with Crippen LogP contribution < -0.4 is 0 Å². The minimum absolute atomic E-state index is 0.0773. The number of aromatic nitrogens is 2. The summed E-state index contributed by atoms with van der Waals surface area (Å²) in [6.45, 7) is 1.64. The first-order chi connectivity index (χ1) is 10.7. The lowest BCUT2D eigenvalue weighted by atomic mass is 10.1.